The molecule has 2 N–H and O–H groups in total. The summed E-state index contributed by atoms with van der Waals surface area (Å²) < 4.78 is 5.86. The van der Waals surface area contributed by atoms with Gasteiger partial charge in [0.25, 0.3) is 0 Å². The first-order valence-corrected chi connectivity index (χ1v) is 7.83. The van der Waals surface area contributed by atoms with Crippen LogP contribution in [0.1, 0.15) is 40.0 Å². The summed E-state index contributed by atoms with van der Waals surface area (Å²) in [5.74, 6) is 0.415. The number of ether oxygens (including phenoxy) is 1. The predicted molar refractivity (Wildman–Crippen MR) is 83.1 cm³/mol. The Morgan fingerprint density at radius 2 is 2.24 bits per heavy atom. The van der Waals surface area contributed by atoms with E-state index < -0.39 is 6.10 Å². The molecule has 3 unspecified atom stereocenters. The van der Waals surface area contributed by atoms with Crippen LogP contribution in [0.25, 0.3) is 0 Å². The molecule has 0 aromatic rings. The normalized spacial score (nSPS) is 27.2. The van der Waals surface area contributed by atoms with Crippen molar-refractivity contribution in [3.8, 4) is 0 Å². The summed E-state index contributed by atoms with van der Waals surface area (Å²) in [6, 6.07) is 0. The zero-order valence-corrected chi connectivity index (χ0v) is 13.3. The van der Waals surface area contributed by atoms with E-state index in [0.29, 0.717) is 13.0 Å². The number of Topliss-reactive ketones (excluding diaryl/α,β-unsaturated/α-hetero) is 1. The molecule has 2 aliphatic rings. The Morgan fingerprint density at radius 1 is 1.48 bits per heavy atom. The lowest BCUT2D eigenvalue weighted by molar-refractivity contribution is -0.118. The average molecular weight is 293 g/mol. The van der Waals surface area contributed by atoms with Crippen LogP contribution in [-0.4, -0.2) is 41.8 Å². The highest BCUT2D eigenvalue weighted by Crippen LogP contribution is 2.33. The average Bonchev–Trinajstić information content (AvgIpc) is 2.42. The third kappa shape index (κ3) is 4.77. The van der Waals surface area contributed by atoms with Crippen LogP contribution in [0.3, 0.4) is 0 Å². The summed E-state index contributed by atoms with van der Waals surface area (Å²) in [5.41, 5.74) is 0.883. The Bertz CT molecular complexity index is 434. The number of allylic oxidation sites excluding steroid dienone is 2. The summed E-state index contributed by atoms with van der Waals surface area (Å²) in [6.07, 6.45) is 7.77. The van der Waals surface area contributed by atoms with Gasteiger partial charge in [-0.05, 0) is 33.6 Å². The second-order valence-corrected chi connectivity index (χ2v) is 7.01. The Kier molecular flexibility index (Phi) is 5.36. The van der Waals surface area contributed by atoms with E-state index in [1.54, 1.807) is 0 Å². The number of rotatable bonds is 5. The third-order valence-corrected chi connectivity index (χ3v) is 3.96. The molecule has 4 heteroatoms. The number of hydrogen-bond donors (Lipinski definition) is 2. The Hall–Kier alpha value is -0.970. The molecule has 3 atom stereocenters. The molecule has 0 radical (unpaired) electrons. The zero-order chi connectivity index (χ0) is 15.5. The molecule has 21 heavy (non-hydrogen) atoms. The van der Waals surface area contributed by atoms with Crippen molar-refractivity contribution in [3.63, 3.8) is 0 Å². The van der Waals surface area contributed by atoms with E-state index >= 15 is 0 Å². The van der Waals surface area contributed by atoms with Gasteiger partial charge in [-0.2, -0.15) is 0 Å². The highest BCUT2D eigenvalue weighted by molar-refractivity contribution is 5.97. The maximum atomic E-state index is 11.9. The molecular weight excluding hydrogens is 266 g/mol. The largest absolute Gasteiger partial charge is 0.389 e. The van der Waals surface area contributed by atoms with Crippen LogP contribution < -0.4 is 5.32 Å². The van der Waals surface area contributed by atoms with Crippen molar-refractivity contribution in [2.45, 2.75) is 57.8 Å². The lowest BCUT2D eigenvalue weighted by Gasteiger charge is -2.32. The minimum absolute atomic E-state index is 0.0165. The van der Waals surface area contributed by atoms with Crippen LogP contribution in [0.4, 0.5) is 0 Å². The van der Waals surface area contributed by atoms with Gasteiger partial charge in [-0.25, -0.2) is 0 Å². The molecular formula is C17H27NO3. The second-order valence-electron chi connectivity index (χ2n) is 7.01. The lowest BCUT2D eigenvalue weighted by Crippen LogP contribution is -2.43. The molecule has 0 heterocycles. The molecule has 0 aromatic heterocycles. The van der Waals surface area contributed by atoms with Crippen LogP contribution in [0, 0.1) is 5.92 Å². The molecule has 0 spiro atoms. The van der Waals surface area contributed by atoms with Crippen molar-refractivity contribution in [1.29, 1.82) is 0 Å². The van der Waals surface area contributed by atoms with Gasteiger partial charge in [0, 0.05) is 30.0 Å². The van der Waals surface area contributed by atoms with Crippen molar-refractivity contribution in [2.24, 2.45) is 5.92 Å². The topological polar surface area (TPSA) is 58.6 Å². The number of aliphatic hydroxyl groups excluding tert-OH is 1. The molecule has 0 bridgehead atoms. The van der Waals surface area contributed by atoms with Gasteiger partial charge < -0.3 is 15.2 Å². The van der Waals surface area contributed by atoms with E-state index in [-0.39, 0.29) is 30.0 Å². The molecule has 4 nitrogen and oxygen atoms in total. The number of ketones is 1. The molecule has 0 amide bonds. The van der Waals surface area contributed by atoms with E-state index in [9.17, 15) is 9.90 Å². The summed E-state index contributed by atoms with van der Waals surface area (Å²) >= 11 is 0. The van der Waals surface area contributed by atoms with Crippen molar-refractivity contribution in [3.05, 3.63) is 23.8 Å². The molecule has 118 valence electrons. The zero-order valence-electron chi connectivity index (χ0n) is 13.3. The van der Waals surface area contributed by atoms with Crippen molar-refractivity contribution in [2.75, 3.05) is 13.2 Å². The SMILES string of the molecule is CC(C)(C)NCC(O)COC1C=CC=C2C(=O)CCCC21. The van der Waals surface area contributed by atoms with Crippen molar-refractivity contribution < 1.29 is 14.6 Å². The molecule has 2 rings (SSSR count). The molecule has 0 saturated heterocycles. The Morgan fingerprint density at radius 3 is 2.95 bits per heavy atom. The Balaban J connectivity index is 1.82. The smallest absolute Gasteiger partial charge is 0.159 e. The highest BCUT2D eigenvalue weighted by Gasteiger charge is 2.33. The van der Waals surface area contributed by atoms with Crippen LogP contribution in [0.2, 0.25) is 0 Å². The molecule has 1 saturated carbocycles. The van der Waals surface area contributed by atoms with Gasteiger partial charge in [0.2, 0.25) is 0 Å². The number of carbonyl (C=O) groups is 1. The maximum absolute atomic E-state index is 11.9. The van der Waals surface area contributed by atoms with E-state index in [2.05, 4.69) is 26.1 Å². The first kappa shape index (κ1) is 16.4. The first-order chi connectivity index (χ1) is 9.87. The van der Waals surface area contributed by atoms with Crippen LogP contribution in [-0.2, 0) is 9.53 Å². The molecule has 0 aromatic carbocycles. The van der Waals surface area contributed by atoms with E-state index in [1.165, 1.54) is 0 Å². The van der Waals surface area contributed by atoms with Crippen LogP contribution in [0.15, 0.2) is 23.8 Å². The van der Waals surface area contributed by atoms with Gasteiger partial charge in [0.05, 0.1) is 18.8 Å². The summed E-state index contributed by atoms with van der Waals surface area (Å²) in [7, 11) is 0. The van der Waals surface area contributed by atoms with E-state index in [1.807, 2.05) is 18.2 Å². The quantitative estimate of drug-likeness (QED) is 0.814. The molecule has 1 fully saturated rings. The van der Waals surface area contributed by atoms with Gasteiger partial charge in [-0.3, -0.25) is 4.79 Å². The fraction of sp³-hybridized carbons (Fsp3) is 0.706. The highest BCUT2D eigenvalue weighted by atomic mass is 16.5. The number of carbonyl (C=O) groups excluding carboxylic acids is 1. The summed E-state index contributed by atoms with van der Waals surface area (Å²) in [5, 5.41) is 13.3. The number of nitrogens with one attached hydrogen (secondary N) is 1. The van der Waals surface area contributed by atoms with Crippen molar-refractivity contribution in [1.82, 2.24) is 5.32 Å². The predicted octanol–water partition coefficient (Wildman–Crippen LogP) is 1.99. The van der Waals surface area contributed by atoms with E-state index in [4.69, 9.17) is 4.74 Å². The minimum atomic E-state index is -0.536. The van der Waals surface area contributed by atoms with Crippen molar-refractivity contribution >= 4 is 5.78 Å². The number of aliphatic hydroxyl groups is 1. The number of β-amino-alcohol motifs (C(OH)–C–C–N with tert-alkyl or cyclic N) is 1. The number of hydrogen-bond acceptors (Lipinski definition) is 4. The standard InChI is InChI=1S/C17H27NO3/c1-17(2,3)18-10-12(19)11-21-16-9-5-6-13-14(16)7-4-8-15(13)20/h5-6,9,12,14,16,18-19H,4,7-8,10-11H2,1-3H3. The summed E-state index contributed by atoms with van der Waals surface area (Å²) in [4.78, 5) is 11.9. The fourth-order valence-corrected chi connectivity index (χ4v) is 2.83. The van der Waals surface area contributed by atoms with Gasteiger partial charge >= 0.3 is 0 Å². The van der Waals surface area contributed by atoms with E-state index in [0.717, 1.165) is 18.4 Å². The first-order valence-electron chi connectivity index (χ1n) is 7.83. The third-order valence-electron chi connectivity index (χ3n) is 3.96. The fourth-order valence-electron chi connectivity index (χ4n) is 2.83. The molecule has 2 aliphatic carbocycles. The Labute approximate surface area is 127 Å². The lowest BCUT2D eigenvalue weighted by atomic mass is 9.77. The second kappa shape index (κ2) is 6.86. The van der Waals surface area contributed by atoms with Crippen LogP contribution in [0.5, 0.6) is 0 Å². The van der Waals surface area contributed by atoms with Gasteiger partial charge in [-0.15, -0.1) is 0 Å². The van der Waals surface area contributed by atoms with Gasteiger partial charge in [0.15, 0.2) is 5.78 Å². The van der Waals surface area contributed by atoms with Gasteiger partial charge in [0.1, 0.15) is 0 Å². The van der Waals surface area contributed by atoms with Gasteiger partial charge in [-0.1, -0.05) is 18.2 Å². The monoisotopic (exact) mass is 293 g/mol. The summed E-state index contributed by atoms with van der Waals surface area (Å²) in [6.45, 7) is 6.99. The number of fused-ring (bicyclic) bond motifs is 1. The molecule has 0 aliphatic heterocycles. The minimum Gasteiger partial charge on any atom is -0.389 e. The maximum Gasteiger partial charge on any atom is 0.159 e. The van der Waals surface area contributed by atoms with Crippen LogP contribution >= 0.6 is 0 Å².